The van der Waals surface area contributed by atoms with Crippen molar-refractivity contribution < 1.29 is 9.36 Å². The topological polar surface area (TPSA) is 36.7 Å². The Morgan fingerprint density at radius 3 is 1.85 bits per heavy atom. The van der Waals surface area contributed by atoms with Crippen molar-refractivity contribution in [3.8, 4) is 0 Å². The van der Waals surface area contributed by atoms with E-state index >= 15 is 0 Å². The second-order valence-corrected chi connectivity index (χ2v) is 8.31. The Hall–Kier alpha value is -1.12. The van der Waals surface area contributed by atoms with E-state index in [2.05, 4.69) is 18.8 Å². The van der Waals surface area contributed by atoms with Crippen molar-refractivity contribution in [1.82, 2.24) is 4.98 Å². The number of carbonyl (C=O) groups is 1. The summed E-state index contributed by atoms with van der Waals surface area (Å²) in [6.07, 6.45) is 24.9. The molecule has 3 heteroatoms. The minimum absolute atomic E-state index is 0.409. The first-order valence-corrected chi connectivity index (χ1v) is 11.2. The fourth-order valence-electron chi connectivity index (χ4n) is 3.48. The van der Waals surface area contributed by atoms with Crippen molar-refractivity contribution in [1.29, 1.82) is 0 Å². The summed E-state index contributed by atoms with van der Waals surface area (Å²) in [4.78, 5) is 14.9. The lowest BCUT2D eigenvalue weighted by Crippen LogP contribution is -2.31. The van der Waals surface area contributed by atoms with E-state index in [0.29, 0.717) is 12.2 Å². The quantitative estimate of drug-likeness (QED) is 0.238. The predicted molar refractivity (Wildman–Crippen MR) is 110 cm³/mol. The highest BCUT2D eigenvalue weighted by atomic mass is 16.1. The van der Waals surface area contributed by atoms with E-state index in [1.807, 2.05) is 23.3 Å². The largest absolute Gasteiger partial charge is 0.300 e. The van der Waals surface area contributed by atoms with Crippen LogP contribution in [0.2, 0.25) is 0 Å². The fourth-order valence-corrected chi connectivity index (χ4v) is 3.48. The first-order chi connectivity index (χ1) is 12.7. The Balaban J connectivity index is 1.74. The molecule has 1 aromatic heterocycles. The van der Waals surface area contributed by atoms with Crippen LogP contribution in [-0.2, 0) is 11.3 Å². The first-order valence-electron chi connectivity index (χ1n) is 11.2. The molecule has 0 bridgehead atoms. The van der Waals surface area contributed by atoms with Crippen molar-refractivity contribution in [3.05, 3.63) is 18.7 Å². The smallest absolute Gasteiger partial charge is 0.241 e. The number of carbonyl (C=O) groups excluding carboxylic acids is 1. The van der Waals surface area contributed by atoms with Crippen molar-refractivity contribution in [2.45, 2.75) is 117 Å². The van der Waals surface area contributed by atoms with E-state index < -0.39 is 0 Å². The Kier molecular flexibility index (Phi) is 14.2. The number of unbranched alkanes of at least 4 members (excludes halogenated alkanes) is 11. The van der Waals surface area contributed by atoms with Gasteiger partial charge in [-0.1, -0.05) is 90.9 Å². The summed E-state index contributed by atoms with van der Waals surface area (Å²) in [5.74, 6) is 1.28. The highest BCUT2D eigenvalue weighted by molar-refractivity contribution is 5.78. The number of nitrogens with one attached hydrogen (secondary N) is 1. The van der Waals surface area contributed by atoms with Crippen molar-refractivity contribution in [2.75, 3.05) is 0 Å². The van der Waals surface area contributed by atoms with Gasteiger partial charge >= 0.3 is 0 Å². The normalized spacial score (nSPS) is 11.3. The summed E-state index contributed by atoms with van der Waals surface area (Å²) in [5, 5.41) is 0. The molecule has 150 valence electrons. The third-order valence-corrected chi connectivity index (χ3v) is 5.24. The molecule has 1 N–H and O–H groups in total. The number of Topliss-reactive ketones (excluding diaryl/α,β-unsaturated/α-hetero) is 1. The number of ketones is 1. The minimum atomic E-state index is 0.409. The molecule has 0 saturated carbocycles. The molecule has 0 aromatic carbocycles. The molecule has 0 amide bonds. The second-order valence-electron chi connectivity index (χ2n) is 8.31. The molecule has 1 heterocycles. The van der Waals surface area contributed by atoms with Crippen LogP contribution in [0.5, 0.6) is 0 Å². The highest BCUT2D eigenvalue weighted by Gasteiger charge is 2.04. The van der Waals surface area contributed by atoms with Gasteiger partial charge in [0.15, 0.2) is 0 Å². The van der Waals surface area contributed by atoms with Crippen molar-refractivity contribution >= 4 is 5.78 Å². The standard InChI is InChI=1S/C23H42N2O/c1-22(2)15-13-11-9-7-5-3-4-6-8-10-12-14-16-23(26)17-19-25-20-18-24-21-25/h18,20-22H,3-17,19H2,1-2H3/p+1. The maximum absolute atomic E-state index is 11.8. The summed E-state index contributed by atoms with van der Waals surface area (Å²) in [7, 11) is 0. The molecule has 0 spiro atoms. The number of hydrogen-bond acceptors (Lipinski definition) is 1. The van der Waals surface area contributed by atoms with E-state index in [9.17, 15) is 4.79 Å². The molecular formula is C23H43N2O+. The average Bonchev–Trinajstić information content (AvgIpc) is 3.13. The zero-order valence-electron chi connectivity index (χ0n) is 17.5. The summed E-state index contributed by atoms with van der Waals surface area (Å²) < 4.78 is 2.03. The van der Waals surface area contributed by atoms with Crippen LogP contribution >= 0.6 is 0 Å². The molecule has 0 atom stereocenters. The number of nitrogens with zero attached hydrogens (tertiary/aromatic N) is 1. The third kappa shape index (κ3) is 14.1. The average molecular weight is 364 g/mol. The minimum Gasteiger partial charge on any atom is -0.300 e. The molecule has 1 aromatic rings. The van der Waals surface area contributed by atoms with Gasteiger partial charge in [0.2, 0.25) is 6.33 Å². The molecule has 3 nitrogen and oxygen atoms in total. The molecule has 0 aliphatic carbocycles. The number of aromatic nitrogens is 2. The molecule has 0 radical (unpaired) electrons. The molecule has 26 heavy (non-hydrogen) atoms. The second kappa shape index (κ2) is 16.1. The van der Waals surface area contributed by atoms with E-state index in [-0.39, 0.29) is 0 Å². The van der Waals surface area contributed by atoms with Gasteiger partial charge in [-0.3, -0.25) is 9.78 Å². The zero-order chi connectivity index (χ0) is 18.9. The van der Waals surface area contributed by atoms with Crippen molar-refractivity contribution in [2.24, 2.45) is 5.92 Å². The van der Waals surface area contributed by atoms with Crippen LogP contribution in [0.4, 0.5) is 0 Å². The van der Waals surface area contributed by atoms with Gasteiger partial charge in [-0.2, -0.15) is 0 Å². The van der Waals surface area contributed by atoms with E-state index in [4.69, 9.17) is 0 Å². The van der Waals surface area contributed by atoms with Gasteiger partial charge in [0.05, 0.1) is 6.54 Å². The van der Waals surface area contributed by atoms with E-state index in [0.717, 1.165) is 25.3 Å². The summed E-state index contributed by atoms with van der Waals surface area (Å²) in [5.41, 5.74) is 0. The van der Waals surface area contributed by atoms with Gasteiger partial charge in [-0.05, 0) is 12.3 Å². The molecule has 0 fully saturated rings. The molecule has 0 saturated heterocycles. The number of imidazole rings is 1. The van der Waals surface area contributed by atoms with Gasteiger partial charge in [0.25, 0.3) is 0 Å². The van der Waals surface area contributed by atoms with E-state index in [1.165, 1.54) is 77.0 Å². The Labute approximate surface area is 162 Å². The van der Waals surface area contributed by atoms with Gasteiger partial charge in [-0.15, -0.1) is 0 Å². The van der Waals surface area contributed by atoms with Crippen molar-refractivity contribution in [3.63, 3.8) is 0 Å². The van der Waals surface area contributed by atoms with Crippen LogP contribution in [0.25, 0.3) is 0 Å². The fraction of sp³-hybridized carbons (Fsp3) is 0.826. The summed E-state index contributed by atoms with van der Waals surface area (Å²) in [6.45, 7) is 5.45. The van der Waals surface area contributed by atoms with Crippen LogP contribution in [0.3, 0.4) is 0 Å². The molecule has 0 aliphatic heterocycles. The van der Waals surface area contributed by atoms with Crippen LogP contribution < -0.4 is 4.57 Å². The lowest BCUT2D eigenvalue weighted by molar-refractivity contribution is -0.694. The lowest BCUT2D eigenvalue weighted by Gasteiger charge is -2.05. The van der Waals surface area contributed by atoms with Gasteiger partial charge < -0.3 is 0 Å². The Bertz CT molecular complexity index is 425. The van der Waals surface area contributed by atoms with Gasteiger partial charge in [0, 0.05) is 12.8 Å². The SMILES string of the molecule is CC(C)CCCCCCCCCCCCCCC(=O)CC[n+]1cc[nH]c1. The van der Waals surface area contributed by atoms with Crippen LogP contribution in [-0.4, -0.2) is 10.8 Å². The maximum Gasteiger partial charge on any atom is 0.241 e. The molecular weight excluding hydrogens is 320 g/mol. The number of aryl methyl sites for hydroxylation is 1. The van der Waals surface area contributed by atoms with Gasteiger partial charge in [-0.25, -0.2) is 4.57 Å². The molecule has 0 unspecified atom stereocenters. The number of hydrogen-bond donors (Lipinski definition) is 1. The summed E-state index contributed by atoms with van der Waals surface area (Å²) in [6, 6.07) is 0. The summed E-state index contributed by atoms with van der Waals surface area (Å²) >= 11 is 0. The van der Waals surface area contributed by atoms with E-state index in [1.54, 1.807) is 0 Å². The zero-order valence-corrected chi connectivity index (χ0v) is 17.5. The van der Waals surface area contributed by atoms with Crippen LogP contribution in [0.15, 0.2) is 18.7 Å². The Morgan fingerprint density at radius 1 is 0.808 bits per heavy atom. The number of aromatic amines is 1. The third-order valence-electron chi connectivity index (χ3n) is 5.24. The first kappa shape index (κ1) is 22.9. The highest BCUT2D eigenvalue weighted by Crippen LogP contribution is 2.14. The molecule has 1 rings (SSSR count). The van der Waals surface area contributed by atoms with Gasteiger partial charge in [0.1, 0.15) is 18.2 Å². The Morgan fingerprint density at radius 2 is 1.35 bits per heavy atom. The number of H-pyrrole nitrogens is 1. The number of rotatable bonds is 18. The maximum atomic E-state index is 11.8. The predicted octanol–water partition coefficient (Wildman–Crippen LogP) is 6.38. The monoisotopic (exact) mass is 363 g/mol. The van der Waals surface area contributed by atoms with Crippen LogP contribution in [0, 0.1) is 5.92 Å². The van der Waals surface area contributed by atoms with Crippen LogP contribution in [0.1, 0.15) is 110 Å². The lowest BCUT2D eigenvalue weighted by atomic mass is 10.0. The molecule has 0 aliphatic rings.